The third-order valence-electron chi connectivity index (χ3n) is 6.30. The Morgan fingerprint density at radius 1 is 1.17 bits per heavy atom. The molecule has 1 aromatic heterocycles. The number of amides is 2. The zero-order valence-electron chi connectivity index (χ0n) is 19.3. The summed E-state index contributed by atoms with van der Waals surface area (Å²) in [6, 6.07) is 0. The first-order valence-electron chi connectivity index (χ1n) is 11.4. The van der Waals surface area contributed by atoms with Crippen LogP contribution < -0.4 is 5.32 Å². The molecular weight excluding hydrogens is 380 g/mol. The van der Waals surface area contributed by atoms with E-state index in [1.165, 1.54) is 18.7 Å². The highest BCUT2D eigenvalue weighted by molar-refractivity contribution is 5.82. The van der Waals surface area contributed by atoms with E-state index in [4.69, 9.17) is 9.72 Å². The highest BCUT2D eigenvalue weighted by Crippen LogP contribution is 2.34. The Bertz CT molecular complexity index is 739. The van der Waals surface area contributed by atoms with Gasteiger partial charge in [-0.2, -0.15) is 0 Å². The van der Waals surface area contributed by atoms with Crippen molar-refractivity contribution in [2.75, 3.05) is 19.6 Å². The SMILES string of the molecule is CC(C)(C)OC(=O)N1CCC[C@H](C(C)(C)C(=O)NCCc2cn3c(n2)CCCC3)C1. The van der Waals surface area contributed by atoms with E-state index in [-0.39, 0.29) is 17.9 Å². The predicted molar refractivity (Wildman–Crippen MR) is 116 cm³/mol. The van der Waals surface area contributed by atoms with Crippen molar-refractivity contribution in [3.8, 4) is 0 Å². The van der Waals surface area contributed by atoms with Gasteiger partial charge >= 0.3 is 6.09 Å². The number of hydrogen-bond donors (Lipinski definition) is 1. The summed E-state index contributed by atoms with van der Waals surface area (Å²) in [5.74, 6) is 1.33. The van der Waals surface area contributed by atoms with E-state index < -0.39 is 11.0 Å². The average Bonchev–Trinajstić information content (AvgIpc) is 3.09. The first-order chi connectivity index (χ1) is 14.1. The van der Waals surface area contributed by atoms with Crippen LogP contribution in [-0.4, -0.2) is 51.7 Å². The predicted octanol–water partition coefficient (Wildman–Crippen LogP) is 3.55. The lowest BCUT2D eigenvalue weighted by atomic mass is 9.74. The number of carbonyl (C=O) groups excluding carboxylic acids is 2. The first kappa shape index (κ1) is 22.6. The summed E-state index contributed by atoms with van der Waals surface area (Å²) in [6.07, 6.45) is 7.90. The lowest BCUT2D eigenvalue weighted by Gasteiger charge is -2.40. The van der Waals surface area contributed by atoms with Gasteiger partial charge in [0, 0.05) is 50.6 Å². The number of fused-ring (bicyclic) bond motifs is 1. The Balaban J connectivity index is 1.51. The van der Waals surface area contributed by atoms with Gasteiger partial charge in [0.15, 0.2) is 0 Å². The van der Waals surface area contributed by atoms with Crippen molar-refractivity contribution in [3.05, 3.63) is 17.7 Å². The second-order valence-corrected chi connectivity index (χ2v) is 10.3. The molecule has 1 atom stereocenters. The van der Waals surface area contributed by atoms with Crippen molar-refractivity contribution in [2.45, 2.75) is 85.3 Å². The molecule has 0 bridgehead atoms. The molecule has 3 heterocycles. The van der Waals surface area contributed by atoms with Crippen LogP contribution in [0.1, 0.15) is 71.8 Å². The standard InChI is InChI=1S/C23H38N4O3/c1-22(2,3)30-21(29)27-14-8-9-17(15-27)23(4,5)20(28)24-12-11-18-16-26-13-7-6-10-19(26)25-18/h16-17H,6-15H2,1-5H3,(H,24,28)/t17-/m0/s1. The average molecular weight is 419 g/mol. The van der Waals surface area contributed by atoms with Gasteiger partial charge in [0.05, 0.1) is 5.69 Å². The number of rotatable bonds is 5. The maximum atomic E-state index is 13.0. The smallest absolute Gasteiger partial charge is 0.410 e. The molecule has 1 aromatic rings. The summed E-state index contributed by atoms with van der Waals surface area (Å²) in [6.45, 7) is 12.5. The number of likely N-dealkylation sites (tertiary alicyclic amines) is 1. The minimum atomic E-state index is -0.547. The van der Waals surface area contributed by atoms with Crippen molar-refractivity contribution in [1.82, 2.24) is 19.8 Å². The Morgan fingerprint density at radius 3 is 2.63 bits per heavy atom. The fourth-order valence-corrected chi connectivity index (χ4v) is 4.37. The fourth-order valence-electron chi connectivity index (χ4n) is 4.37. The Morgan fingerprint density at radius 2 is 1.93 bits per heavy atom. The molecule has 1 saturated heterocycles. The zero-order chi connectivity index (χ0) is 21.9. The zero-order valence-corrected chi connectivity index (χ0v) is 19.3. The molecule has 0 spiro atoms. The van der Waals surface area contributed by atoms with Crippen molar-refractivity contribution in [1.29, 1.82) is 0 Å². The Kier molecular flexibility index (Phi) is 6.78. The Hall–Kier alpha value is -2.05. The maximum absolute atomic E-state index is 13.0. The summed E-state index contributed by atoms with van der Waals surface area (Å²) in [5, 5.41) is 3.11. The topological polar surface area (TPSA) is 76.5 Å². The quantitative estimate of drug-likeness (QED) is 0.793. The molecule has 0 saturated carbocycles. The molecule has 2 aliphatic rings. The number of ether oxygens (including phenoxy) is 1. The molecule has 2 amide bonds. The normalized spacial score (nSPS) is 19.9. The molecule has 1 N–H and O–H groups in total. The van der Waals surface area contributed by atoms with E-state index in [0.717, 1.165) is 37.9 Å². The molecule has 3 rings (SSSR count). The number of aromatic nitrogens is 2. The molecule has 7 nitrogen and oxygen atoms in total. The van der Waals surface area contributed by atoms with Crippen LogP contribution in [0.15, 0.2) is 6.20 Å². The highest BCUT2D eigenvalue weighted by atomic mass is 16.6. The third kappa shape index (κ3) is 5.55. The van der Waals surface area contributed by atoms with Crippen LogP contribution in [0.3, 0.4) is 0 Å². The summed E-state index contributed by atoms with van der Waals surface area (Å²) in [5.41, 5.74) is -0.00374. The second kappa shape index (κ2) is 8.98. The molecule has 2 aliphatic heterocycles. The van der Waals surface area contributed by atoms with Gasteiger partial charge in [-0.25, -0.2) is 9.78 Å². The van der Waals surface area contributed by atoms with Crippen LogP contribution in [0.2, 0.25) is 0 Å². The summed E-state index contributed by atoms with van der Waals surface area (Å²) >= 11 is 0. The summed E-state index contributed by atoms with van der Waals surface area (Å²) in [7, 11) is 0. The van der Waals surface area contributed by atoms with Crippen LogP contribution in [-0.2, 0) is 28.9 Å². The van der Waals surface area contributed by atoms with E-state index >= 15 is 0 Å². The molecule has 0 radical (unpaired) electrons. The van der Waals surface area contributed by atoms with Crippen LogP contribution in [0.25, 0.3) is 0 Å². The summed E-state index contributed by atoms with van der Waals surface area (Å²) < 4.78 is 7.77. The number of nitrogens with zero attached hydrogens (tertiary/aromatic N) is 3. The first-order valence-corrected chi connectivity index (χ1v) is 11.4. The summed E-state index contributed by atoms with van der Waals surface area (Å²) in [4.78, 5) is 31.9. The highest BCUT2D eigenvalue weighted by Gasteiger charge is 2.40. The van der Waals surface area contributed by atoms with Gasteiger partial charge in [-0.15, -0.1) is 0 Å². The van der Waals surface area contributed by atoms with E-state index in [1.807, 2.05) is 34.6 Å². The molecule has 1 fully saturated rings. The van der Waals surface area contributed by atoms with Gasteiger partial charge in [0.1, 0.15) is 11.4 Å². The van der Waals surface area contributed by atoms with Crippen LogP contribution >= 0.6 is 0 Å². The third-order valence-corrected chi connectivity index (χ3v) is 6.30. The molecule has 30 heavy (non-hydrogen) atoms. The maximum Gasteiger partial charge on any atom is 0.410 e. The van der Waals surface area contributed by atoms with Crippen LogP contribution in [0.4, 0.5) is 4.79 Å². The van der Waals surface area contributed by atoms with Crippen LogP contribution in [0, 0.1) is 11.3 Å². The number of piperidine rings is 1. The number of aryl methyl sites for hydroxylation is 2. The van der Waals surface area contributed by atoms with Gasteiger partial charge in [-0.1, -0.05) is 13.8 Å². The minimum absolute atomic E-state index is 0.0440. The molecule has 168 valence electrons. The Labute approximate surface area is 180 Å². The molecule has 0 aromatic carbocycles. The van der Waals surface area contributed by atoms with E-state index in [9.17, 15) is 9.59 Å². The van der Waals surface area contributed by atoms with E-state index in [2.05, 4.69) is 16.1 Å². The van der Waals surface area contributed by atoms with Crippen molar-refractivity contribution < 1.29 is 14.3 Å². The van der Waals surface area contributed by atoms with Gasteiger partial charge < -0.3 is 19.5 Å². The number of imidazole rings is 1. The van der Waals surface area contributed by atoms with E-state index in [0.29, 0.717) is 19.6 Å². The van der Waals surface area contributed by atoms with Gasteiger partial charge in [0.2, 0.25) is 5.91 Å². The number of carbonyl (C=O) groups is 2. The second-order valence-electron chi connectivity index (χ2n) is 10.3. The monoisotopic (exact) mass is 418 g/mol. The van der Waals surface area contributed by atoms with Gasteiger partial charge in [-0.05, 0) is 52.4 Å². The number of nitrogens with one attached hydrogen (secondary N) is 1. The molecule has 0 aliphatic carbocycles. The lowest BCUT2D eigenvalue weighted by Crippen LogP contribution is -2.50. The van der Waals surface area contributed by atoms with Gasteiger partial charge in [0.25, 0.3) is 0 Å². The van der Waals surface area contributed by atoms with E-state index in [1.54, 1.807) is 4.90 Å². The molecule has 0 unspecified atom stereocenters. The van der Waals surface area contributed by atoms with Crippen molar-refractivity contribution >= 4 is 12.0 Å². The van der Waals surface area contributed by atoms with Gasteiger partial charge in [-0.3, -0.25) is 4.79 Å². The molecular formula is C23H38N4O3. The minimum Gasteiger partial charge on any atom is -0.444 e. The fraction of sp³-hybridized carbons (Fsp3) is 0.783. The number of hydrogen-bond acceptors (Lipinski definition) is 4. The van der Waals surface area contributed by atoms with Crippen molar-refractivity contribution in [3.63, 3.8) is 0 Å². The van der Waals surface area contributed by atoms with Crippen LogP contribution in [0.5, 0.6) is 0 Å². The largest absolute Gasteiger partial charge is 0.444 e. The molecule has 7 heteroatoms. The lowest BCUT2D eigenvalue weighted by molar-refractivity contribution is -0.133. The van der Waals surface area contributed by atoms with Crippen molar-refractivity contribution in [2.24, 2.45) is 11.3 Å².